The summed E-state index contributed by atoms with van der Waals surface area (Å²) in [4.78, 5) is 12.3. The summed E-state index contributed by atoms with van der Waals surface area (Å²) in [6, 6.07) is 13.3. The lowest BCUT2D eigenvalue weighted by Crippen LogP contribution is -2.43. The summed E-state index contributed by atoms with van der Waals surface area (Å²) in [5.41, 5.74) is 1.01. The van der Waals surface area contributed by atoms with E-state index in [0.29, 0.717) is 5.75 Å². The molecule has 1 amide bonds. The molecule has 8 heteroatoms. The van der Waals surface area contributed by atoms with Crippen LogP contribution in [0, 0.1) is 6.92 Å². The Bertz CT molecular complexity index is 897. The Morgan fingerprint density at radius 1 is 1.14 bits per heavy atom. The van der Waals surface area contributed by atoms with Crippen LogP contribution in [0.4, 0.5) is 0 Å². The van der Waals surface area contributed by atoms with Gasteiger partial charge in [0.15, 0.2) is 0 Å². The molecule has 0 aliphatic carbocycles. The first-order valence-electron chi connectivity index (χ1n) is 8.82. The highest BCUT2D eigenvalue weighted by atomic mass is 32.2. The Morgan fingerprint density at radius 3 is 2.39 bits per heavy atom. The van der Waals surface area contributed by atoms with E-state index in [9.17, 15) is 13.2 Å². The van der Waals surface area contributed by atoms with Crippen LogP contribution in [0.5, 0.6) is 11.5 Å². The summed E-state index contributed by atoms with van der Waals surface area (Å²) >= 11 is 0. The maximum Gasteiger partial charge on any atom is 0.243 e. The molecule has 0 bridgehead atoms. The largest absolute Gasteiger partial charge is 0.497 e. The average Bonchev–Trinajstić information content (AvgIpc) is 2.67. The molecule has 152 valence electrons. The van der Waals surface area contributed by atoms with Crippen molar-refractivity contribution in [1.29, 1.82) is 0 Å². The predicted molar refractivity (Wildman–Crippen MR) is 107 cm³/mol. The molecule has 1 N–H and O–H groups in total. The van der Waals surface area contributed by atoms with E-state index in [2.05, 4.69) is 5.32 Å². The van der Waals surface area contributed by atoms with Gasteiger partial charge in [-0.2, -0.15) is 4.31 Å². The van der Waals surface area contributed by atoms with E-state index in [-0.39, 0.29) is 24.1 Å². The number of para-hydroxylation sites is 1. The van der Waals surface area contributed by atoms with E-state index in [1.54, 1.807) is 19.1 Å². The van der Waals surface area contributed by atoms with Gasteiger partial charge in [0.25, 0.3) is 0 Å². The van der Waals surface area contributed by atoms with E-state index in [1.807, 2.05) is 31.2 Å². The lowest BCUT2D eigenvalue weighted by atomic mass is 10.2. The van der Waals surface area contributed by atoms with Crippen molar-refractivity contribution >= 4 is 15.9 Å². The Kier molecular flexibility index (Phi) is 7.42. The van der Waals surface area contributed by atoms with E-state index in [4.69, 9.17) is 9.47 Å². The number of benzene rings is 2. The lowest BCUT2D eigenvalue weighted by Gasteiger charge is -2.20. The second kappa shape index (κ2) is 9.57. The van der Waals surface area contributed by atoms with Crippen LogP contribution in [0.3, 0.4) is 0 Å². The molecule has 0 radical (unpaired) electrons. The average molecular weight is 407 g/mol. The number of hydrogen-bond donors (Lipinski definition) is 1. The third-order valence-electron chi connectivity index (χ3n) is 4.12. The van der Waals surface area contributed by atoms with Gasteiger partial charge in [-0.3, -0.25) is 4.79 Å². The van der Waals surface area contributed by atoms with Gasteiger partial charge >= 0.3 is 0 Å². The van der Waals surface area contributed by atoms with Gasteiger partial charge in [0.1, 0.15) is 18.1 Å². The molecular weight excluding hydrogens is 380 g/mol. The molecule has 0 aliphatic rings. The summed E-state index contributed by atoms with van der Waals surface area (Å²) < 4.78 is 36.9. The molecule has 0 aliphatic heterocycles. The summed E-state index contributed by atoms with van der Waals surface area (Å²) in [5.74, 6) is 0.907. The van der Waals surface area contributed by atoms with Gasteiger partial charge in [-0.05, 0) is 49.7 Å². The van der Waals surface area contributed by atoms with Crippen LogP contribution in [0.1, 0.15) is 12.5 Å². The van der Waals surface area contributed by atoms with Gasteiger partial charge in [0.05, 0.1) is 24.6 Å². The Balaban J connectivity index is 1.89. The Morgan fingerprint density at radius 2 is 1.79 bits per heavy atom. The molecule has 2 rings (SSSR count). The van der Waals surface area contributed by atoms with Crippen LogP contribution >= 0.6 is 0 Å². The smallest absolute Gasteiger partial charge is 0.243 e. The Labute approximate surface area is 166 Å². The van der Waals surface area contributed by atoms with Gasteiger partial charge in [0.2, 0.25) is 15.9 Å². The fourth-order valence-corrected chi connectivity index (χ4v) is 3.64. The number of sulfonamides is 1. The third-order valence-corrected chi connectivity index (χ3v) is 5.94. The number of amides is 1. The number of carbonyl (C=O) groups excluding carboxylic acids is 1. The minimum atomic E-state index is -3.77. The van der Waals surface area contributed by atoms with Crippen LogP contribution in [0.25, 0.3) is 0 Å². The molecular formula is C20H26N2O5S. The normalized spacial score (nSPS) is 12.5. The molecule has 2 aromatic rings. The third kappa shape index (κ3) is 5.71. The zero-order valence-corrected chi connectivity index (χ0v) is 17.3. The van der Waals surface area contributed by atoms with E-state index in [0.717, 1.165) is 15.6 Å². The monoisotopic (exact) mass is 406 g/mol. The van der Waals surface area contributed by atoms with Gasteiger partial charge in [-0.15, -0.1) is 0 Å². The van der Waals surface area contributed by atoms with Crippen LogP contribution in [-0.2, 0) is 14.8 Å². The van der Waals surface area contributed by atoms with Gasteiger partial charge in [0, 0.05) is 7.05 Å². The molecule has 0 saturated carbocycles. The van der Waals surface area contributed by atoms with Crippen molar-refractivity contribution in [3.63, 3.8) is 0 Å². The first kappa shape index (κ1) is 21.7. The van der Waals surface area contributed by atoms with E-state index < -0.39 is 15.9 Å². The topological polar surface area (TPSA) is 84.9 Å². The molecule has 1 unspecified atom stereocenters. The Hall–Kier alpha value is -2.58. The number of nitrogens with one attached hydrogen (secondary N) is 1. The lowest BCUT2D eigenvalue weighted by molar-refractivity contribution is -0.121. The number of carbonyl (C=O) groups is 1. The fraction of sp³-hybridized carbons (Fsp3) is 0.350. The van der Waals surface area contributed by atoms with E-state index in [1.165, 1.54) is 26.3 Å². The number of methoxy groups -OCH3 is 1. The number of ether oxygens (including phenoxy) is 2. The molecule has 0 fully saturated rings. The number of aryl methyl sites for hydroxylation is 1. The van der Waals surface area contributed by atoms with Crippen molar-refractivity contribution in [1.82, 2.24) is 9.62 Å². The number of rotatable bonds is 9. The van der Waals surface area contributed by atoms with E-state index >= 15 is 0 Å². The molecule has 0 heterocycles. The van der Waals surface area contributed by atoms with Crippen LogP contribution in [0.2, 0.25) is 0 Å². The minimum absolute atomic E-state index is 0.0968. The summed E-state index contributed by atoms with van der Waals surface area (Å²) in [7, 11) is -0.897. The highest BCUT2D eigenvalue weighted by molar-refractivity contribution is 7.89. The number of likely N-dealkylation sites (N-methyl/N-ethyl adjacent to an activating group) is 1. The number of hydrogen-bond acceptors (Lipinski definition) is 5. The second-order valence-electron chi connectivity index (χ2n) is 6.48. The fourth-order valence-electron chi connectivity index (χ4n) is 2.51. The molecule has 7 nitrogen and oxygen atoms in total. The number of nitrogens with zero attached hydrogens (tertiary/aromatic N) is 1. The maximum atomic E-state index is 12.6. The van der Waals surface area contributed by atoms with Crippen molar-refractivity contribution in [2.45, 2.75) is 24.8 Å². The van der Waals surface area contributed by atoms with Crippen molar-refractivity contribution in [3.8, 4) is 11.5 Å². The zero-order chi connectivity index (χ0) is 20.7. The summed E-state index contributed by atoms with van der Waals surface area (Å²) in [6.45, 7) is 3.74. The molecule has 1 atom stereocenters. The van der Waals surface area contributed by atoms with Crippen LogP contribution in [0.15, 0.2) is 53.4 Å². The quantitative estimate of drug-likeness (QED) is 0.690. The van der Waals surface area contributed by atoms with Crippen molar-refractivity contribution < 1.29 is 22.7 Å². The van der Waals surface area contributed by atoms with Crippen molar-refractivity contribution in [2.24, 2.45) is 0 Å². The first-order valence-corrected chi connectivity index (χ1v) is 10.3. The zero-order valence-electron chi connectivity index (χ0n) is 16.5. The first-order chi connectivity index (χ1) is 13.2. The highest BCUT2D eigenvalue weighted by Gasteiger charge is 2.23. The molecule has 0 spiro atoms. The standard InChI is InChI=1S/C20H26N2O5S/c1-15-7-5-6-8-19(15)27-14-16(2)21-20(23)13-22(3)28(24,25)18-11-9-17(26-4)10-12-18/h5-12,16H,13-14H2,1-4H3,(H,21,23). The van der Waals surface area contributed by atoms with Crippen LogP contribution in [-0.4, -0.2) is 52.0 Å². The summed E-state index contributed by atoms with van der Waals surface area (Å²) in [6.07, 6.45) is 0. The predicted octanol–water partition coefficient (Wildman–Crippen LogP) is 2.21. The molecule has 28 heavy (non-hydrogen) atoms. The molecule has 0 saturated heterocycles. The van der Waals surface area contributed by atoms with Crippen molar-refractivity contribution in [3.05, 3.63) is 54.1 Å². The maximum absolute atomic E-state index is 12.6. The van der Waals surface area contributed by atoms with Crippen LogP contribution < -0.4 is 14.8 Å². The highest BCUT2D eigenvalue weighted by Crippen LogP contribution is 2.18. The van der Waals surface area contributed by atoms with Gasteiger partial charge < -0.3 is 14.8 Å². The second-order valence-corrected chi connectivity index (χ2v) is 8.53. The summed E-state index contributed by atoms with van der Waals surface area (Å²) in [5, 5.41) is 2.75. The molecule has 0 aromatic heterocycles. The SMILES string of the molecule is COc1ccc(S(=O)(=O)N(C)CC(=O)NC(C)COc2ccccc2C)cc1. The minimum Gasteiger partial charge on any atom is -0.497 e. The van der Waals surface area contributed by atoms with Gasteiger partial charge in [-0.25, -0.2) is 8.42 Å². The van der Waals surface area contributed by atoms with Crippen molar-refractivity contribution in [2.75, 3.05) is 27.3 Å². The van der Waals surface area contributed by atoms with Gasteiger partial charge in [-0.1, -0.05) is 18.2 Å². The molecule has 2 aromatic carbocycles.